The van der Waals surface area contributed by atoms with E-state index in [0.29, 0.717) is 5.02 Å². The molecular formula is C11H22ClN5O. The summed E-state index contributed by atoms with van der Waals surface area (Å²) >= 11 is 6.19. The molecular weight excluding hydrogens is 254 g/mol. The topological polar surface area (TPSA) is 68.3 Å². The molecule has 18 heavy (non-hydrogen) atoms. The van der Waals surface area contributed by atoms with Crippen LogP contribution in [0.25, 0.3) is 0 Å². The van der Waals surface area contributed by atoms with Crippen LogP contribution in [0.3, 0.4) is 0 Å². The first kappa shape index (κ1) is 15.4. The molecule has 0 amide bonds. The van der Waals surface area contributed by atoms with Crippen LogP contribution in [0.1, 0.15) is 18.7 Å². The lowest BCUT2D eigenvalue weighted by Crippen LogP contribution is -2.38. The van der Waals surface area contributed by atoms with E-state index in [9.17, 15) is 0 Å². The van der Waals surface area contributed by atoms with Gasteiger partial charge in [0.25, 0.3) is 0 Å². The van der Waals surface area contributed by atoms with E-state index in [1.807, 2.05) is 25.7 Å². The normalized spacial score (nSPS) is 15.1. The van der Waals surface area contributed by atoms with Gasteiger partial charge in [-0.25, -0.2) is 5.43 Å². The average Bonchev–Trinajstić information content (AvgIpc) is 2.69. The van der Waals surface area contributed by atoms with Crippen LogP contribution in [0, 0.1) is 0 Å². The number of nitrogens with zero attached hydrogens (tertiary/aromatic N) is 3. The number of hydrogen-bond acceptors (Lipinski definition) is 5. The Morgan fingerprint density at radius 1 is 1.61 bits per heavy atom. The Balaban J connectivity index is 2.94. The van der Waals surface area contributed by atoms with Gasteiger partial charge in [0.15, 0.2) is 0 Å². The number of hydrogen-bond donors (Lipinski definition) is 2. The first-order valence-corrected chi connectivity index (χ1v) is 6.23. The van der Waals surface area contributed by atoms with Crippen molar-refractivity contribution in [2.45, 2.75) is 25.6 Å². The number of likely N-dealkylation sites (N-methyl/N-ethyl adjacent to an activating group) is 1. The van der Waals surface area contributed by atoms with Gasteiger partial charge in [0.1, 0.15) is 0 Å². The van der Waals surface area contributed by atoms with Gasteiger partial charge in [-0.15, -0.1) is 0 Å². The van der Waals surface area contributed by atoms with Crippen molar-refractivity contribution in [2.24, 2.45) is 5.84 Å². The summed E-state index contributed by atoms with van der Waals surface area (Å²) in [5.74, 6) is 5.59. The molecule has 0 radical (unpaired) electrons. The number of aromatic nitrogens is 2. The van der Waals surface area contributed by atoms with E-state index >= 15 is 0 Å². The van der Waals surface area contributed by atoms with Crippen LogP contribution in [0.5, 0.6) is 0 Å². The van der Waals surface area contributed by atoms with Crippen molar-refractivity contribution in [3.05, 3.63) is 16.9 Å². The number of nitrogens with one attached hydrogen (secondary N) is 1. The fourth-order valence-corrected chi connectivity index (χ4v) is 1.99. The maximum Gasteiger partial charge on any atom is 0.0902 e. The van der Waals surface area contributed by atoms with Crippen molar-refractivity contribution in [3.8, 4) is 0 Å². The van der Waals surface area contributed by atoms with Gasteiger partial charge in [0, 0.05) is 13.7 Å². The van der Waals surface area contributed by atoms with Crippen molar-refractivity contribution in [3.63, 3.8) is 0 Å². The number of halogens is 1. The van der Waals surface area contributed by atoms with Crippen LogP contribution in [0.15, 0.2) is 6.20 Å². The number of methoxy groups -OCH3 is 1. The van der Waals surface area contributed by atoms with Gasteiger partial charge in [0.2, 0.25) is 0 Å². The van der Waals surface area contributed by atoms with Crippen molar-refractivity contribution >= 4 is 11.6 Å². The largest absolute Gasteiger partial charge is 0.380 e. The predicted molar refractivity (Wildman–Crippen MR) is 72.3 cm³/mol. The third kappa shape index (κ3) is 3.66. The minimum atomic E-state index is -0.188. The Morgan fingerprint density at radius 3 is 2.78 bits per heavy atom. The second kappa shape index (κ2) is 7.06. The maximum absolute atomic E-state index is 6.19. The molecule has 104 valence electrons. The molecule has 0 aromatic carbocycles. The smallest absolute Gasteiger partial charge is 0.0902 e. The first-order chi connectivity index (χ1) is 8.51. The summed E-state index contributed by atoms with van der Waals surface area (Å²) < 4.78 is 7.17. The summed E-state index contributed by atoms with van der Waals surface area (Å²) in [5.41, 5.74) is 3.60. The van der Waals surface area contributed by atoms with E-state index < -0.39 is 0 Å². The van der Waals surface area contributed by atoms with Crippen molar-refractivity contribution in [1.29, 1.82) is 0 Å². The van der Waals surface area contributed by atoms with Crippen molar-refractivity contribution in [2.75, 3.05) is 27.7 Å². The van der Waals surface area contributed by atoms with Crippen molar-refractivity contribution in [1.82, 2.24) is 20.1 Å². The Kier molecular flexibility index (Phi) is 6.04. The van der Waals surface area contributed by atoms with Gasteiger partial charge in [-0.1, -0.05) is 11.6 Å². The Bertz CT molecular complexity index is 368. The third-order valence-electron chi connectivity index (χ3n) is 2.91. The molecule has 1 aromatic heterocycles. The number of nitrogens with two attached hydrogens (primary N) is 1. The van der Waals surface area contributed by atoms with Crippen LogP contribution >= 0.6 is 11.6 Å². The third-order valence-corrected chi connectivity index (χ3v) is 3.20. The van der Waals surface area contributed by atoms with Crippen LogP contribution in [-0.4, -0.2) is 48.5 Å². The monoisotopic (exact) mass is 275 g/mol. The number of hydrazine groups is 1. The molecule has 0 aliphatic rings. The molecule has 0 saturated carbocycles. The highest BCUT2D eigenvalue weighted by Crippen LogP contribution is 2.25. The summed E-state index contributed by atoms with van der Waals surface area (Å²) in [6.07, 6.45) is 1.54. The van der Waals surface area contributed by atoms with E-state index in [1.165, 1.54) is 0 Å². The molecule has 0 bridgehead atoms. The van der Waals surface area contributed by atoms with Crippen LogP contribution in [0.4, 0.5) is 0 Å². The summed E-state index contributed by atoms with van der Waals surface area (Å²) in [6, 6.07) is -0.188. The van der Waals surface area contributed by atoms with Crippen molar-refractivity contribution < 1.29 is 4.74 Å². The zero-order valence-electron chi connectivity index (χ0n) is 11.4. The molecule has 1 rings (SSSR count). The standard InChI is InChI=1S/C11H22ClN5O/c1-8(18-4)10(15-13)11-9(12)7-14-17(11)6-5-16(2)3/h7-8,10,15H,5-6,13H2,1-4H3. The lowest BCUT2D eigenvalue weighted by atomic mass is 10.1. The van der Waals surface area contributed by atoms with Gasteiger partial charge < -0.3 is 9.64 Å². The SMILES string of the molecule is COC(C)C(NN)c1c(Cl)cnn1CCN(C)C. The van der Waals surface area contributed by atoms with Crippen LogP contribution < -0.4 is 11.3 Å². The van der Waals surface area contributed by atoms with Gasteiger partial charge in [0.05, 0.1) is 35.6 Å². The lowest BCUT2D eigenvalue weighted by molar-refractivity contribution is 0.0798. The van der Waals surface area contributed by atoms with Crippen LogP contribution in [0.2, 0.25) is 5.02 Å². The van der Waals surface area contributed by atoms with E-state index in [2.05, 4.69) is 15.4 Å². The molecule has 0 fully saturated rings. The number of rotatable bonds is 7. The van der Waals surface area contributed by atoms with Crippen LogP contribution in [-0.2, 0) is 11.3 Å². The minimum absolute atomic E-state index is 0.0951. The number of ether oxygens (including phenoxy) is 1. The van der Waals surface area contributed by atoms with E-state index in [-0.39, 0.29) is 12.1 Å². The first-order valence-electron chi connectivity index (χ1n) is 5.86. The molecule has 0 aliphatic carbocycles. The molecule has 1 heterocycles. The van der Waals surface area contributed by atoms with E-state index in [0.717, 1.165) is 18.8 Å². The zero-order valence-corrected chi connectivity index (χ0v) is 12.1. The molecule has 2 atom stereocenters. The molecule has 0 aliphatic heterocycles. The second-order valence-electron chi connectivity index (χ2n) is 4.49. The summed E-state index contributed by atoms with van der Waals surface area (Å²) in [7, 11) is 5.67. The summed E-state index contributed by atoms with van der Waals surface area (Å²) in [6.45, 7) is 3.57. The molecule has 6 nitrogen and oxygen atoms in total. The highest BCUT2D eigenvalue weighted by atomic mass is 35.5. The predicted octanol–water partition coefficient (Wildman–Crippen LogP) is 0.637. The van der Waals surface area contributed by atoms with Gasteiger partial charge in [-0.05, 0) is 21.0 Å². The quantitative estimate of drug-likeness (QED) is 0.565. The fourth-order valence-electron chi connectivity index (χ4n) is 1.73. The lowest BCUT2D eigenvalue weighted by Gasteiger charge is -2.24. The fraction of sp³-hybridized carbons (Fsp3) is 0.727. The maximum atomic E-state index is 6.19. The summed E-state index contributed by atoms with van der Waals surface area (Å²) in [5, 5.41) is 4.88. The van der Waals surface area contributed by atoms with E-state index in [1.54, 1.807) is 13.3 Å². The van der Waals surface area contributed by atoms with E-state index in [4.69, 9.17) is 22.2 Å². The average molecular weight is 276 g/mol. The molecule has 7 heteroatoms. The summed E-state index contributed by atoms with van der Waals surface area (Å²) in [4.78, 5) is 2.09. The molecule has 0 spiro atoms. The van der Waals surface area contributed by atoms with Gasteiger partial charge in [-0.3, -0.25) is 10.5 Å². The molecule has 2 unspecified atom stereocenters. The second-order valence-corrected chi connectivity index (χ2v) is 4.90. The molecule has 1 aromatic rings. The Morgan fingerprint density at radius 2 is 2.28 bits per heavy atom. The zero-order chi connectivity index (χ0) is 13.7. The minimum Gasteiger partial charge on any atom is -0.380 e. The van der Waals surface area contributed by atoms with Gasteiger partial charge >= 0.3 is 0 Å². The highest BCUT2D eigenvalue weighted by Gasteiger charge is 2.24. The van der Waals surface area contributed by atoms with Gasteiger partial charge in [-0.2, -0.15) is 5.10 Å². The highest BCUT2D eigenvalue weighted by molar-refractivity contribution is 6.31. The Hall–Kier alpha value is -0.660. The Labute approximate surface area is 113 Å². The molecule has 3 N–H and O–H groups in total. The molecule has 0 saturated heterocycles.